The fourth-order valence-electron chi connectivity index (χ4n) is 3.89. The molecule has 4 rings (SSSR count). The quantitative estimate of drug-likeness (QED) is 0.564. The second-order valence-corrected chi connectivity index (χ2v) is 7.87. The number of methoxy groups -OCH3 is 2. The van der Waals surface area contributed by atoms with Crippen molar-refractivity contribution in [1.82, 2.24) is 9.88 Å². The van der Waals surface area contributed by atoms with Crippen LogP contribution in [-0.2, 0) is 11.3 Å². The van der Waals surface area contributed by atoms with Crippen molar-refractivity contribution >= 4 is 22.6 Å². The maximum atomic E-state index is 13.2. The van der Waals surface area contributed by atoms with E-state index in [-0.39, 0.29) is 24.0 Å². The van der Waals surface area contributed by atoms with Gasteiger partial charge >= 0.3 is 6.03 Å². The molecule has 8 nitrogen and oxygen atoms in total. The number of amides is 2. The predicted octanol–water partition coefficient (Wildman–Crippen LogP) is 3.90. The van der Waals surface area contributed by atoms with E-state index in [1.165, 1.54) is 36.3 Å². The Morgan fingerprint density at radius 1 is 1.18 bits per heavy atom. The number of urea groups is 1. The first-order valence-electron chi connectivity index (χ1n) is 10.7. The van der Waals surface area contributed by atoms with Crippen molar-refractivity contribution in [3.8, 4) is 11.5 Å². The monoisotopic (exact) mass is 455 g/mol. The molecule has 0 saturated carbocycles. The van der Waals surface area contributed by atoms with Crippen LogP contribution in [0.5, 0.6) is 11.5 Å². The molecule has 1 saturated heterocycles. The van der Waals surface area contributed by atoms with Gasteiger partial charge in [-0.25, -0.2) is 9.18 Å². The summed E-state index contributed by atoms with van der Waals surface area (Å²) in [6, 6.07) is 10.3. The number of carbonyl (C=O) groups is 1. The molecule has 174 valence electrons. The van der Waals surface area contributed by atoms with Crippen molar-refractivity contribution in [2.45, 2.75) is 25.5 Å². The van der Waals surface area contributed by atoms with Crippen LogP contribution in [0.15, 0.2) is 47.3 Å². The van der Waals surface area contributed by atoms with Gasteiger partial charge in [0.05, 0.1) is 32.4 Å². The molecule has 1 fully saturated rings. The predicted molar refractivity (Wildman–Crippen MR) is 122 cm³/mol. The van der Waals surface area contributed by atoms with Crippen LogP contribution in [0.3, 0.4) is 0 Å². The Morgan fingerprint density at radius 2 is 1.91 bits per heavy atom. The van der Waals surface area contributed by atoms with Crippen molar-refractivity contribution in [2.24, 2.45) is 0 Å². The number of benzene rings is 2. The van der Waals surface area contributed by atoms with Crippen molar-refractivity contribution in [3.05, 3.63) is 64.2 Å². The minimum absolute atomic E-state index is 0.0759. The van der Waals surface area contributed by atoms with Gasteiger partial charge in [0.25, 0.3) is 5.56 Å². The third kappa shape index (κ3) is 5.25. The minimum Gasteiger partial charge on any atom is -0.493 e. The lowest BCUT2D eigenvalue weighted by molar-refractivity contribution is 0.0818. The van der Waals surface area contributed by atoms with E-state index in [2.05, 4.69) is 10.3 Å². The summed E-state index contributed by atoms with van der Waals surface area (Å²) in [4.78, 5) is 30.3. The van der Waals surface area contributed by atoms with E-state index in [1.807, 2.05) is 0 Å². The summed E-state index contributed by atoms with van der Waals surface area (Å²) in [6.45, 7) is 1.05. The molecule has 9 heteroatoms. The zero-order chi connectivity index (χ0) is 23.4. The van der Waals surface area contributed by atoms with Gasteiger partial charge in [0.1, 0.15) is 5.82 Å². The van der Waals surface area contributed by atoms with E-state index >= 15 is 0 Å². The summed E-state index contributed by atoms with van der Waals surface area (Å²) >= 11 is 0. The Morgan fingerprint density at radius 3 is 2.58 bits per heavy atom. The van der Waals surface area contributed by atoms with Gasteiger partial charge in [-0.2, -0.15) is 0 Å². The van der Waals surface area contributed by atoms with Crippen LogP contribution >= 0.6 is 0 Å². The summed E-state index contributed by atoms with van der Waals surface area (Å²) in [5.41, 5.74) is 1.18. The molecule has 0 bridgehead atoms. The number of H-pyrrole nitrogens is 1. The third-order valence-corrected chi connectivity index (χ3v) is 5.62. The van der Waals surface area contributed by atoms with Gasteiger partial charge in [-0.15, -0.1) is 0 Å². The van der Waals surface area contributed by atoms with E-state index in [4.69, 9.17) is 14.2 Å². The number of ether oxygens (including phenoxy) is 3. The molecule has 0 radical (unpaired) electrons. The lowest BCUT2D eigenvalue weighted by Gasteiger charge is -2.26. The Hall–Kier alpha value is -3.59. The fourth-order valence-corrected chi connectivity index (χ4v) is 3.89. The van der Waals surface area contributed by atoms with E-state index in [9.17, 15) is 14.0 Å². The van der Waals surface area contributed by atoms with E-state index in [0.29, 0.717) is 41.4 Å². The molecule has 2 amide bonds. The highest BCUT2D eigenvalue weighted by Crippen LogP contribution is 2.31. The topological polar surface area (TPSA) is 92.9 Å². The maximum absolute atomic E-state index is 13.2. The zero-order valence-electron chi connectivity index (χ0n) is 18.5. The molecule has 1 aliphatic rings. The molecule has 1 aromatic heterocycles. The number of rotatable bonds is 7. The fraction of sp³-hybridized carbons (Fsp3) is 0.333. The molecule has 33 heavy (non-hydrogen) atoms. The highest BCUT2D eigenvalue weighted by atomic mass is 19.1. The van der Waals surface area contributed by atoms with Crippen LogP contribution in [0.4, 0.5) is 14.9 Å². The van der Waals surface area contributed by atoms with Crippen molar-refractivity contribution in [3.63, 3.8) is 0 Å². The molecule has 2 aromatic carbocycles. The summed E-state index contributed by atoms with van der Waals surface area (Å²) < 4.78 is 29.6. The average Bonchev–Trinajstić information content (AvgIpc) is 3.33. The minimum atomic E-state index is -0.399. The van der Waals surface area contributed by atoms with Crippen LogP contribution in [0, 0.1) is 5.82 Å². The first-order valence-corrected chi connectivity index (χ1v) is 10.7. The number of anilines is 1. The van der Waals surface area contributed by atoms with Gasteiger partial charge in [-0.05, 0) is 49.2 Å². The number of pyridine rings is 1. The second-order valence-electron chi connectivity index (χ2n) is 7.87. The van der Waals surface area contributed by atoms with Crippen LogP contribution in [0.25, 0.3) is 10.9 Å². The van der Waals surface area contributed by atoms with Crippen LogP contribution in [-0.4, -0.2) is 49.4 Å². The second kappa shape index (κ2) is 9.91. The summed E-state index contributed by atoms with van der Waals surface area (Å²) in [6.07, 6.45) is 1.66. The zero-order valence-corrected chi connectivity index (χ0v) is 18.5. The largest absolute Gasteiger partial charge is 0.493 e. The van der Waals surface area contributed by atoms with Gasteiger partial charge in [-0.3, -0.25) is 4.79 Å². The normalized spacial score (nSPS) is 15.4. The molecule has 1 aliphatic heterocycles. The number of hydrogen-bond acceptors (Lipinski definition) is 5. The highest BCUT2D eigenvalue weighted by molar-refractivity contribution is 5.89. The van der Waals surface area contributed by atoms with Crippen LogP contribution in [0.2, 0.25) is 0 Å². The number of nitrogens with one attached hydrogen (secondary N) is 2. The maximum Gasteiger partial charge on any atom is 0.322 e. The highest BCUT2D eigenvalue weighted by Gasteiger charge is 2.24. The van der Waals surface area contributed by atoms with Gasteiger partial charge < -0.3 is 29.4 Å². The van der Waals surface area contributed by atoms with Crippen LogP contribution in [0.1, 0.15) is 18.4 Å². The van der Waals surface area contributed by atoms with E-state index < -0.39 is 6.03 Å². The molecule has 0 spiro atoms. The Bertz CT molecular complexity index is 1190. The molecular weight excluding hydrogens is 429 g/mol. The van der Waals surface area contributed by atoms with E-state index in [0.717, 1.165) is 18.2 Å². The number of fused-ring (bicyclic) bond motifs is 1. The first-order chi connectivity index (χ1) is 16.0. The number of carbonyl (C=O) groups excluding carboxylic acids is 1. The molecule has 3 aromatic rings. The number of aromatic amines is 1. The standard InChI is InChI=1S/C24H26FN3O5/c1-31-21-11-15-10-16(23(29)27-20(15)12-22(21)32-2)13-28(14-19-4-3-9-33-19)24(30)26-18-7-5-17(25)6-8-18/h5-8,10-12,19H,3-4,9,13-14H2,1-2H3,(H,26,30)(H,27,29)/t19-/m0/s1. The third-order valence-electron chi connectivity index (χ3n) is 5.62. The molecule has 2 heterocycles. The summed E-state index contributed by atoms with van der Waals surface area (Å²) in [5, 5.41) is 3.52. The van der Waals surface area contributed by atoms with Gasteiger partial charge in [0, 0.05) is 35.9 Å². The van der Waals surface area contributed by atoms with Crippen LogP contribution < -0.4 is 20.3 Å². The van der Waals surface area contributed by atoms with Gasteiger partial charge in [-0.1, -0.05) is 0 Å². The molecule has 0 aliphatic carbocycles. The van der Waals surface area contributed by atoms with Gasteiger partial charge in [0.15, 0.2) is 11.5 Å². The Kier molecular flexibility index (Phi) is 6.79. The van der Waals surface area contributed by atoms with E-state index in [1.54, 1.807) is 25.3 Å². The number of aromatic nitrogens is 1. The molecule has 0 unspecified atom stereocenters. The number of hydrogen-bond donors (Lipinski definition) is 2. The Balaban J connectivity index is 1.62. The average molecular weight is 455 g/mol. The van der Waals surface area contributed by atoms with Gasteiger partial charge in [0.2, 0.25) is 0 Å². The Labute approximate surface area is 190 Å². The molecule has 2 N–H and O–H groups in total. The molecular formula is C24H26FN3O5. The lowest BCUT2D eigenvalue weighted by Crippen LogP contribution is -2.40. The van der Waals surface area contributed by atoms with Crippen molar-refractivity contribution in [1.29, 1.82) is 0 Å². The SMILES string of the molecule is COc1cc2cc(CN(C[C@@H]3CCCO3)C(=O)Nc3ccc(F)cc3)c(=O)[nH]c2cc1OC. The van der Waals surface area contributed by atoms with Crippen molar-refractivity contribution in [2.75, 3.05) is 32.7 Å². The lowest BCUT2D eigenvalue weighted by atomic mass is 10.1. The summed E-state index contributed by atoms with van der Waals surface area (Å²) in [7, 11) is 3.07. The first kappa shape index (κ1) is 22.6. The van der Waals surface area contributed by atoms with Crippen molar-refractivity contribution < 1.29 is 23.4 Å². The summed E-state index contributed by atoms with van der Waals surface area (Å²) in [5.74, 6) is 0.652. The number of nitrogens with zero attached hydrogens (tertiary/aromatic N) is 1. The molecule has 1 atom stereocenters. The smallest absolute Gasteiger partial charge is 0.322 e. The number of halogens is 1.